The lowest BCUT2D eigenvalue weighted by atomic mass is 10.2. The number of nitro benzene ring substituents is 1. The number of hydrogen-bond acceptors (Lipinski definition) is 5. The number of nitrogens with zero attached hydrogens (tertiary/aromatic N) is 2. The molecule has 0 bridgehead atoms. The number of rotatable bonds is 5. The number of carbonyl (C=O) groups is 1. The molecule has 1 N–H and O–H groups in total. The first kappa shape index (κ1) is 16.7. The van der Waals surface area contributed by atoms with Crippen LogP contribution in [-0.4, -0.2) is 22.5 Å². The van der Waals surface area contributed by atoms with E-state index >= 15 is 0 Å². The van der Waals surface area contributed by atoms with Crippen molar-refractivity contribution in [1.29, 1.82) is 0 Å². The van der Waals surface area contributed by atoms with Crippen LogP contribution in [0.4, 0.5) is 11.4 Å². The quantitative estimate of drug-likeness (QED) is 0.631. The van der Waals surface area contributed by atoms with E-state index < -0.39 is 10.8 Å². The van der Waals surface area contributed by atoms with Crippen molar-refractivity contribution in [1.82, 2.24) is 4.57 Å². The third-order valence-corrected chi connectivity index (χ3v) is 3.41. The molecule has 1 amide bonds. The van der Waals surface area contributed by atoms with Gasteiger partial charge < -0.3 is 14.6 Å². The summed E-state index contributed by atoms with van der Waals surface area (Å²) in [6, 6.07) is 6.95. The Bertz CT molecular complexity index is 818. The van der Waals surface area contributed by atoms with Crippen LogP contribution in [-0.2, 0) is 11.3 Å². The van der Waals surface area contributed by atoms with Crippen molar-refractivity contribution in [2.24, 2.45) is 0 Å². The molecule has 0 atom stereocenters. The van der Waals surface area contributed by atoms with Gasteiger partial charge in [0.2, 0.25) is 5.91 Å². The largest absolute Gasteiger partial charge is 0.496 e. The molecule has 9 heteroatoms. The second kappa shape index (κ2) is 7.05. The third kappa shape index (κ3) is 4.16. The number of nitrogens with one attached hydrogen (secondary N) is 1. The van der Waals surface area contributed by atoms with Crippen molar-refractivity contribution in [3.63, 3.8) is 0 Å². The highest BCUT2D eigenvalue weighted by Crippen LogP contribution is 2.28. The van der Waals surface area contributed by atoms with Gasteiger partial charge in [-0.1, -0.05) is 0 Å². The fourth-order valence-corrected chi connectivity index (χ4v) is 2.24. The fraction of sp³-hybridized carbons (Fsp3) is 0.143. The molecular weight excluding hydrogens is 370 g/mol. The Kier molecular flexibility index (Phi) is 5.12. The minimum absolute atomic E-state index is 0.0313. The fourth-order valence-electron chi connectivity index (χ4n) is 1.87. The molecule has 8 nitrogen and oxygen atoms in total. The van der Waals surface area contributed by atoms with E-state index in [1.165, 1.54) is 42.1 Å². The normalized spacial score (nSPS) is 10.2. The molecule has 0 radical (unpaired) electrons. The number of methoxy groups -OCH3 is 1. The van der Waals surface area contributed by atoms with E-state index in [0.717, 1.165) is 0 Å². The number of nitro groups is 1. The monoisotopic (exact) mass is 381 g/mol. The van der Waals surface area contributed by atoms with Crippen LogP contribution in [0.25, 0.3) is 0 Å². The summed E-state index contributed by atoms with van der Waals surface area (Å²) in [6.07, 6.45) is 1.46. The minimum atomic E-state index is -0.622. The molecule has 0 saturated heterocycles. The number of halogens is 1. The molecule has 23 heavy (non-hydrogen) atoms. The molecule has 2 rings (SSSR count). The van der Waals surface area contributed by atoms with E-state index in [1.807, 2.05) is 0 Å². The topological polar surface area (TPSA) is 103 Å². The van der Waals surface area contributed by atoms with Crippen molar-refractivity contribution < 1.29 is 14.5 Å². The van der Waals surface area contributed by atoms with Gasteiger partial charge in [-0.2, -0.15) is 0 Å². The first-order valence-electron chi connectivity index (χ1n) is 6.39. The zero-order valence-electron chi connectivity index (χ0n) is 12.0. The maximum atomic E-state index is 12.0. The van der Waals surface area contributed by atoms with E-state index in [4.69, 9.17) is 4.74 Å². The van der Waals surface area contributed by atoms with Crippen LogP contribution in [0.15, 0.2) is 45.8 Å². The van der Waals surface area contributed by atoms with Crippen molar-refractivity contribution in [3.8, 4) is 5.75 Å². The lowest BCUT2D eigenvalue weighted by molar-refractivity contribution is -0.384. The van der Waals surface area contributed by atoms with Gasteiger partial charge in [0.25, 0.3) is 11.2 Å². The van der Waals surface area contributed by atoms with Crippen LogP contribution in [0.3, 0.4) is 0 Å². The molecule has 0 aliphatic heterocycles. The van der Waals surface area contributed by atoms with Crippen LogP contribution < -0.4 is 15.6 Å². The van der Waals surface area contributed by atoms with Crippen LogP contribution >= 0.6 is 15.9 Å². The molecule has 1 heterocycles. The average molecular weight is 382 g/mol. The van der Waals surface area contributed by atoms with Crippen molar-refractivity contribution in [2.45, 2.75) is 6.54 Å². The molecule has 0 fully saturated rings. The van der Waals surface area contributed by atoms with Crippen LogP contribution in [0.1, 0.15) is 0 Å². The van der Waals surface area contributed by atoms with Gasteiger partial charge in [0.15, 0.2) is 0 Å². The molecule has 0 spiro atoms. The Balaban J connectivity index is 2.22. The lowest BCUT2D eigenvalue weighted by Gasteiger charge is -2.09. The standard InChI is InChI=1S/C14H12BrN3O5/c1-23-10-3-4-11(12(6-10)18(21)22)16-13(19)8-17-7-9(15)2-5-14(17)20/h2-7H,8H2,1H3,(H,16,19). The Morgan fingerprint density at radius 2 is 2.13 bits per heavy atom. The maximum absolute atomic E-state index is 12.0. The number of carbonyl (C=O) groups excluding carboxylic acids is 1. The van der Waals surface area contributed by atoms with Crippen molar-refractivity contribution in [2.75, 3.05) is 12.4 Å². The summed E-state index contributed by atoms with van der Waals surface area (Å²) in [5.74, 6) is -0.253. The average Bonchev–Trinajstić information content (AvgIpc) is 2.51. The van der Waals surface area contributed by atoms with E-state index in [2.05, 4.69) is 21.2 Å². The lowest BCUT2D eigenvalue weighted by Crippen LogP contribution is -2.26. The van der Waals surface area contributed by atoms with Crippen molar-refractivity contribution >= 4 is 33.2 Å². The number of anilines is 1. The number of pyridine rings is 1. The van der Waals surface area contributed by atoms with E-state index in [1.54, 1.807) is 6.07 Å². The second-order valence-electron chi connectivity index (χ2n) is 4.50. The van der Waals surface area contributed by atoms with Gasteiger partial charge in [0, 0.05) is 16.7 Å². The van der Waals surface area contributed by atoms with Gasteiger partial charge in [-0.15, -0.1) is 0 Å². The summed E-state index contributed by atoms with van der Waals surface area (Å²) in [7, 11) is 1.39. The molecule has 0 aliphatic carbocycles. The Labute approximate surface area is 139 Å². The molecule has 120 valence electrons. The van der Waals surface area contributed by atoms with Crippen LogP contribution in [0.5, 0.6) is 5.75 Å². The smallest absolute Gasteiger partial charge is 0.296 e. The summed E-state index contributed by atoms with van der Waals surface area (Å²) < 4.78 is 6.75. The zero-order valence-corrected chi connectivity index (χ0v) is 13.6. The van der Waals surface area contributed by atoms with Gasteiger partial charge >= 0.3 is 0 Å². The van der Waals surface area contributed by atoms with Gasteiger partial charge in [-0.25, -0.2) is 0 Å². The number of benzene rings is 1. The maximum Gasteiger partial charge on any atom is 0.296 e. The van der Waals surface area contributed by atoms with E-state index in [-0.39, 0.29) is 23.5 Å². The van der Waals surface area contributed by atoms with Gasteiger partial charge in [-0.3, -0.25) is 19.7 Å². The highest BCUT2D eigenvalue weighted by molar-refractivity contribution is 9.10. The SMILES string of the molecule is COc1ccc(NC(=O)Cn2cc(Br)ccc2=O)c([N+](=O)[O-])c1. The summed E-state index contributed by atoms with van der Waals surface area (Å²) in [6.45, 7) is -0.262. The highest BCUT2D eigenvalue weighted by atomic mass is 79.9. The van der Waals surface area contributed by atoms with Gasteiger partial charge in [-0.05, 0) is 34.1 Å². The number of hydrogen-bond donors (Lipinski definition) is 1. The van der Waals surface area contributed by atoms with Crippen molar-refractivity contribution in [3.05, 3.63) is 61.5 Å². The molecule has 0 saturated carbocycles. The van der Waals surface area contributed by atoms with E-state index in [0.29, 0.717) is 10.2 Å². The molecular formula is C14H12BrN3O5. The van der Waals surface area contributed by atoms with Crippen LogP contribution in [0, 0.1) is 10.1 Å². The zero-order chi connectivity index (χ0) is 17.0. The van der Waals surface area contributed by atoms with Gasteiger partial charge in [0.1, 0.15) is 18.0 Å². The highest BCUT2D eigenvalue weighted by Gasteiger charge is 2.17. The second-order valence-corrected chi connectivity index (χ2v) is 5.42. The summed E-state index contributed by atoms with van der Waals surface area (Å²) >= 11 is 3.20. The number of aromatic nitrogens is 1. The molecule has 1 aromatic carbocycles. The predicted octanol–water partition coefficient (Wildman–Crippen LogP) is 2.17. The molecule has 0 aliphatic rings. The number of ether oxygens (including phenoxy) is 1. The molecule has 0 unspecified atom stereocenters. The first-order valence-corrected chi connectivity index (χ1v) is 7.18. The molecule has 1 aromatic heterocycles. The summed E-state index contributed by atoms with van der Waals surface area (Å²) in [5, 5.41) is 13.5. The molecule has 2 aromatic rings. The minimum Gasteiger partial charge on any atom is -0.496 e. The van der Waals surface area contributed by atoms with Crippen LogP contribution in [0.2, 0.25) is 0 Å². The van der Waals surface area contributed by atoms with E-state index in [9.17, 15) is 19.7 Å². The predicted molar refractivity (Wildman–Crippen MR) is 86.7 cm³/mol. The summed E-state index contributed by atoms with van der Waals surface area (Å²) in [5.41, 5.74) is -0.615. The first-order chi connectivity index (χ1) is 10.9. The Hall–Kier alpha value is -2.68. The summed E-state index contributed by atoms with van der Waals surface area (Å²) in [4.78, 5) is 34.1. The van der Waals surface area contributed by atoms with Gasteiger partial charge in [0.05, 0.1) is 18.1 Å². The Morgan fingerprint density at radius 1 is 1.39 bits per heavy atom. The third-order valence-electron chi connectivity index (χ3n) is 2.94. The Morgan fingerprint density at radius 3 is 2.78 bits per heavy atom. The number of amides is 1.